The molecule has 0 radical (unpaired) electrons. The number of anilines is 1. The van der Waals surface area contributed by atoms with Gasteiger partial charge < -0.3 is 15.0 Å². The molecule has 0 unspecified atom stereocenters. The fourth-order valence-corrected chi connectivity index (χ4v) is 3.39. The van der Waals surface area contributed by atoms with Crippen molar-refractivity contribution in [2.24, 2.45) is 0 Å². The predicted octanol–water partition coefficient (Wildman–Crippen LogP) is 4.78. The average molecular weight is 446 g/mol. The molecule has 3 aromatic rings. The maximum absolute atomic E-state index is 12.9. The summed E-state index contributed by atoms with van der Waals surface area (Å²) in [6, 6.07) is 8.80. The third kappa shape index (κ3) is 4.63. The summed E-state index contributed by atoms with van der Waals surface area (Å²) in [5.74, 6) is -2.49. The Labute approximate surface area is 171 Å². The van der Waals surface area contributed by atoms with Gasteiger partial charge in [0, 0.05) is 0 Å². The number of para-hydroxylation sites is 1. The van der Waals surface area contributed by atoms with Crippen LogP contribution in [-0.2, 0) is 17.8 Å². The second-order valence-electron chi connectivity index (χ2n) is 6.02. The molecule has 29 heavy (non-hydrogen) atoms. The monoisotopic (exact) mass is 445 g/mol. The largest absolute Gasteiger partial charge is 0.480 e. The number of hydrogen-bond acceptors (Lipinski definition) is 3. The lowest BCUT2D eigenvalue weighted by Gasteiger charge is -2.10. The van der Waals surface area contributed by atoms with Crippen LogP contribution in [0.4, 0.5) is 18.9 Å². The summed E-state index contributed by atoms with van der Waals surface area (Å²) in [6.45, 7) is -0.713. The Hall–Kier alpha value is -2.78. The highest BCUT2D eigenvalue weighted by Gasteiger charge is 2.32. The van der Waals surface area contributed by atoms with Gasteiger partial charge in [-0.1, -0.05) is 35.3 Å². The minimum absolute atomic E-state index is 0.00619. The standard InChI is InChI=1S/C18H12Cl2F3N3O3/c19-9-3-1-4-10(20)15(9)17(29)24-11-5-2-6-12-16(11)25-13(7-18(21,22)23)26(12)8-14(27)28/h1-6H,7-8H2,(H,24,29)(H,27,28). The number of amides is 1. The Kier molecular flexibility index (Phi) is 5.72. The van der Waals surface area contributed by atoms with Crippen molar-refractivity contribution < 1.29 is 27.9 Å². The van der Waals surface area contributed by atoms with E-state index in [1.807, 2.05) is 0 Å². The summed E-state index contributed by atoms with van der Waals surface area (Å²) in [5, 5.41) is 11.8. The highest BCUT2D eigenvalue weighted by Crippen LogP contribution is 2.30. The fourth-order valence-electron chi connectivity index (χ4n) is 2.82. The molecule has 0 atom stereocenters. The molecule has 0 fully saturated rings. The number of imidazole rings is 1. The van der Waals surface area contributed by atoms with Gasteiger partial charge in [-0.25, -0.2) is 4.98 Å². The van der Waals surface area contributed by atoms with Crippen molar-refractivity contribution in [1.82, 2.24) is 9.55 Å². The molecule has 0 aliphatic carbocycles. The normalized spacial score (nSPS) is 11.6. The van der Waals surface area contributed by atoms with Gasteiger partial charge in [0.2, 0.25) is 0 Å². The van der Waals surface area contributed by atoms with Crippen LogP contribution in [0.15, 0.2) is 36.4 Å². The maximum atomic E-state index is 12.9. The average Bonchev–Trinajstić information content (AvgIpc) is 2.91. The molecular formula is C18H12Cl2F3N3O3. The lowest BCUT2D eigenvalue weighted by Crippen LogP contribution is -2.18. The fraction of sp³-hybridized carbons (Fsp3) is 0.167. The molecule has 1 aromatic heterocycles. The van der Waals surface area contributed by atoms with Crippen molar-refractivity contribution in [2.45, 2.75) is 19.1 Å². The van der Waals surface area contributed by atoms with Gasteiger partial charge in [-0.2, -0.15) is 13.2 Å². The molecule has 0 spiro atoms. The molecule has 2 aromatic carbocycles. The van der Waals surface area contributed by atoms with Crippen molar-refractivity contribution in [1.29, 1.82) is 0 Å². The maximum Gasteiger partial charge on any atom is 0.396 e. The van der Waals surface area contributed by atoms with E-state index in [0.717, 1.165) is 4.57 Å². The Balaban J connectivity index is 2.07. The minimum atomic E-state index is -4.59. The number of benzene rings is 2. The number of carbonyl (C=O) groups excluding carboxylic acids is 1. The first-order valence-corrected chi connectivity index (χ1v) is 8.84. The quantitative estimate of drug-likeness (QED) is 0.591. The van der Waals surface area contributed by atoms with Crippen LogP contribution in [-0.4, -0.2) is 32.7 Å². The van der Waals surface area contributed by atoms with Crippen LogP contribution in [0.2, 0.25) is 10.0 Å². The van der Waals surface area contributed by atoms with Crippen LogP contribution in [0.25, 0.3) is 11.0 Å². The SMILES string of the molecule is O=C(O)Cn1c(CC(F)(F)F)nc2c(NC(=O)c3c(Cl)cccc3Cl)cccc21. The zero-order valence-corrected chi connectivity index (χ0v) is 15.9. The summed E-state index contributed by atoms with van der Waals surface area (Å²) < 4.78 is 39.7. The Morgan fingerprint density at radius 1 is 1.10 bits per heavy atom. The second-order valence-corrected chi connectivity index (χ2v) is 6.84. The molecule has 0 aliphatic heterocycles. The molecule has 1 amide bonds. The second kappa shape index (κ2) is 7.92. The third-order valence-corrected chi connectivity index (χ3v) is 4.58. The van der Waals surface area contributed by atoms with Gasteiger partial charge in [0.1, 0.15) is 24.3 Å². The molecule has 3 rings (SSSR count). The van der Waals surface area contributed by atoms with E-state index < -0.39 is 36.8 Å². The number of carboxylic acid groups (broad SMARTS) is 1. The summed E-state index contributed by atoms with van der Waals surface area (Å²) in [7, 11) is 0. The lowest BCUT2D eigenvalue weighted by atomic mass is 10.2. The molecular weight excluding hydrogens is 434 g/mol. The Morgan fingerprint density at radius 2 is 1.72 bits per heavy atom. The van der Waals surface area contributed by atoms with E-state index in [4.69, 9.17) is 28.3 Å². The molecule has 1 heterocycles. The van der Waals surface area contributed by atoms with Crippen LogP contribution in [0.3, 0.4) is 0 Å². The first-order valence-electron chi connectivity index (χ1n) is 8.09. The summed E-state index contributed by atoms with van der Waals surface area (Å²) in [4.78, 5) is 27.7. The van der Waals surface area contributed by atoms with E-state index in [2.05, 4.69) is 10.3 Å². The Bertz CT molecular complexity index is 1090. The van der Waals surface area contributed by atoms with Crippen molar-refractivity contribution in [3.63, 3.8) is 0 Å². The van der Waals surface area contributed by atoms with E-state index in [1.165, 1.54) is 30.3 Å². The number of halogens is 5. The van der Waals surface area contributed by atoms with Crippen molar-refractivity contribution in [3.05, 3.63) is 57.8 Å². The number of aromatic nitrogens is 2. The summed E-state index contributed by atoms with van der Waals surface area (Å²) in [6.07, 6.45) is -6.01. The number of hydrogen-bond donors (Lipinski definition) is 2. The zero-order valence-electron chi connectivity index (χ0n) is 14.4. The molecule has 0 saturated carbocycles. The van der Waals surface area contributed by atoms with Crippen molar-refractivity contribution >= 4 is 51.8 Å². The first-order chi connectivity index (χ1) is 13.6. The molecule has 152 valence electrons. The predicted molar refractivity (Wildman–Crippen MR) is 102 cm³/mol. The van der Waals surface area contributed by atoms with Gasteiger partial charge in [-0.15, -0.1) is 0 Å². The smallest absolute Gasteiger partial charge is 0.396 e. The number of nitrogens with one attached hydrogen (secondary N) is 1. The summed E-state index contributed by atoms with van der Waals surface area (Å²) in [5.41, 5.74) is 0.239. The molecule has 2 N–H and O–H groups in total. The van der Waals surface area contributed by atoms with Crippen LogP contribution in [0.5, 0.6) is 0 Å². The highest BCUT2D eigenvalue weighted by molar-refractivity contribution is 6.40. The van der Waals surface area contributed by atoms with Gasteiger partial charge in [0.15, 0.2) is 0 Å². The number of carbonyl (C=O) groups is 2. The van der Waals surface area contributed by atoms with E-state index in [-0.39, 0.29) is 32.3 Å². The molecule has 11 heteroatoms. The molecule has 0 bridgehead atoms. The number of fused-ring (bicyclic) bond motifs is 1. The number of alkyl halides is 3. The minimum Gasteiger partial charge on any atom is -0.480 e. The van der Waals surface area contributed by atoms with Gasteiger partial charge in [-0.3, -0.25) is 9.59 Å². The van der Waals surface area contributed by atoms with Crippen molar-refractivity contribution in [3.8, 4) is 0 Å². The first kappa shape index (κ1) is 20.9. The van der Waals surface area contributed by atoms with Gasteiger partial charge >= 0.3 is 12.1 Å². The molecule has 6 nitrogen and oxygen atoms in total. The van der Waals surface area contributed by atoms with Crippen LogP contribution in [0.1, 0.15) is 16.2 Å². The van der Waals surface area contributed by atoms with E-state index in [0.29, 0.717) is 0 Å². The number of rotatable bonds is 5. The van der Waals surface area contributed by atoms with Crippen LogP contribution < -0.4 is 5.32 Å². The van der Waals surface area contributed by atoms with E-state index >= 15 is 0 Å². The zero-order chi connectivity index (χ0) is 21.3. The van der Waals surface area contributed by atoms with E-state index in [9.17, 15) is 22.8 Å². The number of aliphatic carboxylic acids is 1. The Morgan fingerprint density at radius 3 is 2.31 bits per heavy atom. The van der Waals surface area contributed by atoms with Crippen LogP contribution in [0, 0.1) is 0 Å². The van der Waals surface area contributed by atoms with Crippen LogP contribution >= 0.6 is 23.2 Å². The molecule has 0 saturated heterocycles. The highest BCUT2D eigenvalue weighted by atomic mass is 35.5. The van der Waals surface area contributed by atoms with E-state index in [1.54, 1.807) is 6.07 Å². The van der Waals surface area contributed by atoms with Crippen molar-refractivity contribution in [2.75, 3.05) is 5.32 Å². The van der Waals surface area contributed by atoms with Gasteiger partial charge in [-0.05, 0) is 24.3 Å². The van der Waals surface area contributed by atoms with Gasteiger partial charge in [0.05, 0.1) is 26.8 Å². The summed E-state index contributed by atoms with van der Waals surface area (Å²) >= 11 is 12.0. The number of nitrogens with zero attached hydrogens (tertiary/aromatic N) is 2. The topological polar surface area (TPSA) is 84.2 Å². The molecule has 0 aliphatic rings. The van der Waals surface area contributed by atoms with Gasteiger partial charge in [0.25, 0.3) is 5.91 Å². The lowest BCUT2D eigenvalue weighted by molar-refractivity contribution is -0.138. The number of carboxylic acids is 1. The third-order valence-electron chi connectivity index (χ3n) is 3.95.